The molecule has 140 valence electrons. The molecule has 0 bridgehead atoms. The van der Waals surface area contributed by atoms with E-state index in [0.717, 1.165) is 62.9 Å². The summed E-state index contributed by atoms with van der Waals surface area (Å²) in [5, 5.41) is 0. The third-order valence-corrected chi connectivity index (χ3v) is 6.30. The van der Waals surface area contributed by atoms with Gasteiger partial charge in [-0.05, 0) is 56.8 Å². The number of aromatic nitrogens is 2. The quantitative estimate of drug-likeness (QED) is 0.909. The summed E-state index contributed by atoms with van der Waals surface area (Å²) in [6.07, 6.45) is 4.38. The van der Waals surface area contributed by atoms with Crippen LogP contribution in [0.25, 0.3) is 11.0 Å². The molecule has 0 saturated carbocycles. The van der Waals surface area contributed by atoms with Gasteiger partial charge in [0.2, 0.25) is 5.91 Å². The number of imidazole rings is 1. The van der Waals surface area contributed by atoms with Crippen molar-refractivity contribution in [2.24, 2.45) is 5.92 Å². The largest absolute Gasteiger partial charge is 0.343 e. The molecular weight excluding hydrogens is 328 g/mol. The topological polar surface area (TPSA) is 61.3 Å². The zero-order chi connectivity index (χ0) is 18.3. The van der Waals surface area contributed by atoms with Gasteiger partial charge in [-0.3, -0.25) is 9.36 Å². The number of carbonyl (C=O) groups is 1. The molecule has 1 aromatic carbocycles. The number of carbonyl (C=O) groups excluding carboxylic acids is 1. The first-order chi connectivity index (χ1) is 12.5. The second kappa shape index (κ2) is 6.91. The van der Waals surface area contributed by atoms with Gasteiger partial charge in [-0.1, -0.05) is 12.1 Å². The van der Waals surface area contributed by atoms with Gasteiger partial charge < -0.3 is 14.8 Å². The third-order valence-electron chi connectivity index (χ3n) is 6.30. The lowest BCUT2D eigenvalue weighted by atomic mass is 9.92. The number of para-hydroxylation sites is 1. The normalized spacial score (nSPS) is 20.9. The van der Waals surface area contributed by atoms with E-state index in [4.69, 9.17) is 0 Å². The van der Waals surface area contributed by atoms with Crippen LogP contribution in [0.2, 0.25) is 0 Å². The van der Waals surface area contributed by atoms with Crippen molar-refractivity contribution in [3.63, 3.8) is 0 Å². The number of nitrogens with one attached hydrogen (secondary N) is 1. The van der Waals surface area contributed by atoms with Crippen LogP contribution in [0.3, 0.4) is 0 Å². The standard InChI is InChI=1S/C20H28N4O2/c1-14(25)23-10-7-15(8-11-23)6-9-22(2)17-12-16-4-3-5-18-19(16)24(13-17)20(26)21-18/h3-5,15,17H,6-13H2,1-2H3,(H,21,26)/t17-/m1/s1. The van der Waals surface area contributed by atoms with Gasteiger partial charge in [0, 0.05) is 32.6 Å². The average Bonchev–Trinajstić information content (AvgIpc) is 2.97. The van der Waals surface area contributed by atoms with Gasteiger partial charge in [-0.15, -0.1) is 0 Å². The lowest BCUT2D eigenvalue weighted by Gasteiger charge is -2.35. The molecule has 3 heterocycles. The van der Waals surface area contributed by atoms with Crippen LogP contribution in [-0.2, 0) is 17.8 Å². The molecule has 26 heavy (non-hydrogen) atoms. The number of hydrogen-bond acceptors (Lipinski definition) is 3. The van der Waals surface area contributed by atoms with E-state index in [1.165, 1.54) is 5.56 Å². The predicted octanol–water partition coefficient (Wildman–Crippen LogP) is 1.83. The van der Waals surface area contributed by atoms with Crippen molar-refractivity contribution >= 4 is 16.9 Å². The Morgan fingerprint density at radius 3 is 2.81 bits per heavy atom. The maximum atomic E-state index is 12.3. The molecule has 2 aliphatic heterocycles. The van der Waals surface area contributed by atoms with Crippen molar-refractivity contribution in [3.8, 4) is 0 Å². The Bertz CT molecular complexity index is 860. The van der Waals surface area contributed by atoms with Crippen LogP contribution in [0.5, 0.6) is 0 Å². The molecule has 2 aromatic rings. The molecule has 1 amide bonds. The van der Waals surface area contributed by atoms with Gasteiger partial charge >= 0.3 is 5.69 Å². The molecule has 0 aliphatic carbocycles. The monoisotopic (exact) mass is 356 g/mol. The number of aromatic amines is 1. The van der Waals surface area contributed by atoms with Crippen LogP contribution in [0.4, 0.5) is 0 Å². The second-order valence-electron chi connectivity index (χ2n) is 7.93. The Labute approximate surface area is 153 Å². The molecule has 0 spiro atoms. The van der Waals surface area contributed by atoms with Gasteiger partial charge in [0.15, 0.2) is 0 Å². The minimum absolute atomic E-state index is 0.00200. The number of nitrogens with zero attached hydrogens (tertiary/aromatic N) is 3. The van der Waals surface area contributed by atoms with Crippen LogP contribution >= 0.6 is 0 Å². The molecule has 6 nitrogen and oxygen atoms in total. The first-order valence-corrected chi connectivity index (χ1v) is 9.69. The zero-order valence-electron chi connectivity index (χ0n) is 15.7. The van der Waals surface area contributed by atoms with E-state index in [1.54, 1.807) is 6.92 Å². The van der Waals surface area contributed by atoms with E-state index in [0.29, 0.717) is 12.0 Å². The number of likely N-dealkylation sites (tertiary alicyclic amines) is 1. The number of piperidine rings is 1. The van der Waals surface area contributed by atoms with E-state index >= 15 is 0 Å². The van der Waals surface area contributed by atoms with Crippen molar-refractivity contribution in [2.75, 3.05) is 26.7 Å². The Morgan fingerprint density at radius 2 is 2.08 bits per heavy atom. The zero-order valence-corrected chi connectivity index (χ0v) is 15.7. The summed E-state index contributed by atoms with van der Waals surface area (Å²) in [5.41, 5.74) is 3.30. The highest BCUT2D eigenvalue weighted by molar-refractivity contribution is 5.79. The summed E-state index contributed by atoms with van der Waals surface area (Å²) in [5.74, 6) is 0.898. The van der Waals surface area contributed by atoms with Crippen molar-refractivity contribution in [1.82, 2.24) is 19.4 Å². The molecule has 6 heteroatoms. The predicted molar refractivity (Wildman–Crippen MR) is 102 cm³/mol. The van der Waals surface area contributed by atoms with Crippen molar-refractivity contribution in [2.45, 2.75) is 45.2 Å². The van der Waals surface area contributed by atoms with Gasteiger partial charge in [0.05, 0.1) is 11.0 Å². The van der Waals surface area contributed by atoms with Gasteiger partial charge in [-0.2, -0.15) is 0 Å². The Hall–Kier alpha value is -2.08. The minimum atomic E-state index is 0.00200. The van der Waals surface area contributed by atoms with Crippen molar-refractivity contribution in [1.29, 1.82) is 0 Å². The van der Waals surface area contributed by atoms with Crippen LogP contribution in [-0.4, -0.2) is 58.0 Å². The van der Waals surface area contributed by atoms with Crippen LogP contribution in [0.15, 0.2) is 23.0 Å². The minimum Gasteiger partial charge on any atom is -0.343 e. The lowest BCUT2D eigenvalue weighted by Crippen LogP contribution is -2.43. The van der Waals surface area contributed by atoms with E-state index in [1.807, 2.05) is 21.6 Å². The summed E-state index contributed by atoms with van der Waals surface area (Å²) in [7, 11) is 2.18. The van der Waals surface area contributed by atoms with Gasteiger partial charge in [0.1, 0.15) is 0 Å². The van der Waals surface area contributed by atoms with Crippen LogP contribution < -0.4 is 5.69 Å². The van der Waals surface area contributed by atoms with Crippen LogP contribution in [0, 0.1) is 5.92 Å². The molecule has 1 aromatic heterocycles. The van der Waals surface area contributed by atoms with Gasteiger partial charge in [-0.25, -0.2) is 4.79 Å². The number of hydrogen-bond donors (Lipinski definition) is 1. The highest BCUT2D eigenvalue weighted by Crippen LogP contribution is 2.26. The second-order valence-corrected chi connectivity index (χ2v) is 7.93. The molecular formula is C20H28N4O2. The first kappa shape index (κ1) is 17.3. The summed E-state index contributed by atoms with van der Waals surface area (Å²) in [6, 6.07) is 6.51. The Morgan fingerprint density at radius 1 is 1.31 bits per heavy atom. The molecule has 1 saturated heterocycles. The molecule has 1 N–H and O–H groups in total. The van der Waals surface area contributed by atoms with E-state index in [-0.39, 0.29) is 11.6 Å². The molecule has 2 aliphatic rings. The van der Waals surface area contributed by atoms with E-state index in [2.05, 4.69) is 23.0 Å². The molecule has 1 atom stereocenters. The number of likely N-dealkylation sites (N-methyl/N-ethyl adjacent to an activating group) is 1. The number of H-pyrrole nitrogens is 1. The van der Waals surface area contributed by atoms with E-state index < -0.39 is 0 Å². The Kier molecular flexibility index (Phi) is 4.61. The fraction of sp³-hybridized carbons (Fsp3) is 0.600. The molecule has 1 fully saturated rings. The molecule has 0 radical (unpaired) electrons. The first-order valence-electron chi connectivity index (χ1n) is 9.69. The summed E-state index contributed by atoms with van der Waals surface area (Å²) >= 11 is 0. The fourth-order valence-corrected chi connectivity index (χ4v) is 4.56. The summed E-state index contributed by atoms with van der Waals surface area (Å²) < 4.78 is 1.90. The van der Waals surface area contributed by atoms with Crippen molar-refractivity contribution < 1.29 is 4.79 Å². The van der Waals surface area contributed by atoms with Crippen LogP contribution in [0.1, 0.15) is 31.7 Å². The van der Waals surface area contributed by atoms with Gasteiger partial charge in [0.25, 0.3) is 0 Å². The number of benzene rings is 1. The van der Waals surface area contributed by atoms with Crippen molar-refractivity contribution in [3.05, 3.63) is 34.2 Å². The number of rotatable bonds is 4. The maximum Gasteiger partial charge on any atom is 0.326 e. The summed E-state index contributed by atoms with van der Waals surface area (Å²) in [6.45, 7) is 5.26. The summed E-state index contributed by atoms with van der Waals surface area (Å²) in [4.78, 5) is 31.1. The highest BCUT2D eigenvalue weighted by atomic mass is 16.2. The molecule has 0 unspecified atom stereocenters. The Balaban J connectivity index is 1.36. The smallest absolute Gasteiger partial charge is 0.326 e. The van der Waals surface area contributed by atoms with E-state index in [9.17, 15) is 9.59 Å². The lowest BCUT2D eigenvalue weighted by molar-refractivity contribution is -0.130. The third kappa shape index (κ3) is 3.18. The average molecular weight is 356 g/mol. The molecule has 4 rings (SSSR count). The number of amides is 1. The highest BCUT2D eigenvalue weighted by Gasteiger charge is 2.27. The maximum absolute atomic E-state index is 12.3. The SMILES string of the molecule is CC(=O)N1CCC(CCN(C)[C@@H]2Cc3cccc4[nH]c(=O)n(c34)C2)CC1. The fourth-order valence-electron chi connectivity index (χ4n) is 4.56.